The van der Waals surface area contributed by atoms with E-state index in [2.05, 4.69) is 10.2 Å². The molecular formula is C28H35Cl2N3O3. The molecule has 2 fully saturated rings. The van der Waals surface area contributed by atoms with Crippen molar-refractivity contribution in [2.75, 3.05) is 33.7 Å². The van der Waals surface area contributed by atoms with Crippen LogP contribution in [0.4, 0.5) is 4.79 Å². The van der Waals surface area contributed by atoms with Crippen LogP contribution in [-0.2, 0) is 11.2 Å². The van der Waals surface area contributed by atoms with Crippen molar-refractivity contribution in [2.45, 2.75) is 51.0 Å². The topological polar surface area (TPSA) is 61.9 Å². The Morgan fingerprint density at radius 1 is 1.03 bits per heavy atom. The number of ether oxygens (including phenoxy) is 1. The van der Waals surface area contributed by atoms with E-state index in [4.69, 9.17) is 27.9 Å². The van der Waals surface area contributed by atoms with Gasteiger partial charge in [-0.25, -0.2) is 4.79 Å². The molecule has 0 aromatic heterocycles. The average Bonchev–Trinajstić information content (AvgIpc) is 3.22. The van der Waals surface area contributed by atoms with Gasteiger partial charge in [0, 0.05) is 41.6 Å². The lowest BCUT2D eigenvalue weighted by Crippen LogP contribution is -2.39. The Balaban J connectivity index is 1.38. The van der Waals surface area contributed by atoms with Crippen LogP contribution in [0.1, 0.15) is 44.1 Å². The van der Waals surface area contributed by atoms with Gasteiger partial charge in [-0.1, -0.05) is 54.6 Å². The third-order valence-electron chi connectivity index (χ3n) is 7.18. The number of halogens is 2. The van der Waals surface area contributed by atoms with Crippen molar-refractivity contribution in [3.8, 4) is 16.9 Å². The molecule has 2 aromatic rings. The maximum absolute atomic E-state index is 13.1. The van der Waals surface area contributed by atoms with Gasteiger partial charge in [0.2, 0.25) is 5.91 Å². The number of amides is 2. The third-order valence-corrected chi connectivity index (χ3v) is 7.86. The van der Waals surface area contributed by atoms with Gasteiger partial charge in [0.1, 0.15) is 5.75 Å². The summed E-state index contributed by atoms with van der Waals surface area (Å²) < 4.78 is 5.33. The summed E-state index contributed by atoms with van der Waals surface area (Å²) in [5.74, 6) is 0.643. The molecule has 36 heavy (non-hydrogen) atoms. The third kappa shape index (κ3) is 6.72. The number of hydrogen-bond donors (Lipinski definition) is 1. The minimum Gasteiger partial charge on any atom is -0.410 e. The smallest absolute Gasteiger partial charge is 0.410 e. The Morgan fingerprint density at radius 3 is 2.33 bits per heavy atom. The van der Waals surface area contributed by atoms with Crippen molar-refractivity contribution in [3.05, 3.63) is 52.0 Å². The van der Waals surface area contributed by atoms with Gasteiger partial charge in [0.05, 0.1) is 0 Å². The second-order valence-electron chi connectivity index (χ2n) is 10.1. The molecule has 1 saturated carbocycles. The van der Waals surface area contributed by atoms with Crippen LogP contribution in [0.2, 0.25) is 10.0 Å². The zero-order chi connectivity index (χ0) is 25.7. The molecule has 6 nitrogen and oxygen atoms in total. The molecule has 0 bridgehead atoms. The van der Waals surface area contributed by atoms with Crippen LogP contribution < -0.4 is 10.1 Å². The number of likely N-dealkylation sites (tertiary alicyclic amines) is 1. The molecule has 8 heteroatoms. The van der Waals surface area contributed by atoms with Gasteiger partial charge in [0.25, 0.3) is 0 Å². The Kier molecular flexibility index (Phi) is 9.15. The first-order chi connectivity index (χ1) is 17.3. The van der Waals surface area contributed by atoms with Crippen molar-refractivity contribution in [3.63, 3.8) is 0 Å². The number of nitrogens with one attached hydrogen (secondary N) is 1. The first-order valence-electron chi connectivity index (χ1n) is 12.8. The summed E-state index contributed by atoms with van der Waals surface area (Å²) in [7, 11) is 3.88. The highest BCUT2D eigenvalue weighted by Crippen LogP contribution is 2.37. The molecule has 2 aromatic carbocycles. The Hall–Kier alpha value is -2.28. The van der Waals surface area contributed by atoms with Crippen molar-refractivity contribution < 1.29 is 14.3 Å². The minimum atomic E-state index is -0.483. The zero-order valence-corrected chi connectivity index (χ0v) is 22.6. The molecule has 1 unspecified atom stereocenters. The van der Waals surface area contributed by atoms with E-state index in [1.165, 1.54) is 19.3 Å². The fourth-order valence-electron chi connectivity index (χ4n) is 5.16. The summed E-state index contributed by atoms with van der Waals surface area (Å²) in [4.78, 5) is 29.1. The second kappa shape index (κ2) is 12.3. The van der Waals surface area contributed by atoms with Crippen molar-refractivity contribution in [2.24, 2.45) is 5.92 Å². The predicted molar refractivity (Wildman–Crippen MR) is 145 cm³/mol. The van der Waals surface area contributed by atoms with E-state index in [0.717, 1.165) is 49.0 Å². The van der Waals surface area contributed by atoms with E-state index in [1.54, 1.807) is 12.1 Å². The normalized spacial score (nSPS) is 18.6. The number of carbonyl (C=O) groups excluding carboxylic acids is 2. The summed E-state index contributed by atoms with van der Waals surface area (Å²) in [5.41, 5.74) is 2.61. The zero-order valence-electron chi connectivity index (χ0n) is 21.1. The molecule has 4 rings (SSSR count). The van der Waals surface area contributed by atoms with Gasteiger partial charge < -0.3 is 19.9 Å². The maximum Gasteiger partial charge on any atom is 0.412 e. The molecule has 1 aliphatic carbocycles. The van der Waals surface area contributed by atoms with E-state index in [9.17, 15) is 9.59 Å². The maximum atomic E-state index is 13.1. The minimum absolute atomic E-state index is 0.0620. The lowest BCUT2D eigenvalue weighted by Gasteiger charge is -2.31. The molecule has 0 spiro atoms. The highest BCUT2D eigenvalue weighted by molar-refractivity contribution is 6.36. The monoisotopic (exact) mass is 531 g/mol. The van der Waals surface area contributed by atoms with Crippen LogP contribution in [0.15, 0.2) is 36.4 Å². The fourth-order valence-corrected chi connectivity index (χ4v) is 5.80. The second-order valence-corrected chi connectivity index (χ2v) is 10.9. The lowest BCUT2D eigenvalue weighted by molar-refractivity contribution is -0.133. The molecule has 1 saturated heterocycles. The van der Waals surface area contributed by atoms with Gasteiger partial charge in [-0.15, -0.1) is 0 Å². The summed E-state index contributed by atoms with van der Waals surface area (Å²) in [6.45, 7) is 2.08. The van der Waals surface area contributed by atoms with Gasteiger partial charge in [-0.2, -0.15) is 0 Å². The van der Waals surface area contributed by atoms with Crippen LogP contribution >= 0.6 is 23.2 Å². The van der Waals surface area contributed by atoms with E-state index in [1.807, 2.05) is 43.3 Å². The highest BCUT2D eigenvalue weighted by atomic mass is 35.5. The fraction of sp³-hybridized carbons (Fsp3) is 0.500. The molecular weight excluding hydrogens is 497 g/mol. The van der Waals surface area contributed by atoms with Crippen LogP contribution in [0, 0.1) is 5.92 Å². The number of benzene rings is 2. The van der Waals surface area contributed by atoms with Gasteiger partial charge in [-0.3, -0.25) is 4.79 Å². The number of carbonyl (C=O) groups is 2. The van der Waals surface area contributed by atoms with E-state index in [-0.39, 0.29) is 11.8 Å². The van der Waals surface area contributed by atoms with Crippen LogP contribution in [0.5, 0.6) is 5.75 Å². The number of hydrogen-bond acceptors (Lipinski definition) is 4. The van der Waals surface area contributed by atoms with Crippen molar-refractivity contribution in [1.82, 2.24) is 15.1 Å². The first-order valence-corrected chi connectivity index (χ1v) is 13.6. The predicted octanol–water partition coefficient (Wildman–Crippen LogP) is 6.03. The summed E-state index contributed by atoms with van der Waals surface area (Å²) in [6.07, 6.45) is 6.90. The van der Waals surface area contributed by atoms with Crippen LogP contribution in [0.3, 0.4) is 0 Å². The molecule has 194 valence electrons. The van der Waals surface area contributed by atoms with Gasteiger partial charge >= 0.3 is 6.09 Å². The van der Waals surface area contributed by atoms with E-state index < -0.39 is 6.09 Å². The summed E-state index contributed by atoms with van der Waals surface area (Å²) in [6, 6.07) is 11.4. The van der Waals surface area contributed by atoms with Crippen LogP contribution in [-0.4, -0.2) is 61.6 Å². The lowest BCUT2D eigenvalue weighted by atomic mass is 9.93. The van der Waals surface area contributed by atoms with Gasteiger partial charge in [-0.05, 0) is 80.7 Å². The molecule has 1 aliphatic heterocycles. The summed E-state index contributed by atoms with van der Waals surface area (Å²) in [5, 5.41) is 3.86. The Bertz CT molecular complexity index is 1050. The SMILES string of the molecule is CN(C)CCNC(=O)Oc1ccc(-c2cc(Cl)c(CC3CCN(C4CCCCC4)C3=O)c(Cl)c2)cc1. The number of rotatable bonds is 8. The van der Waals surface area contributed by atoms with Gasteiger partial charge in [0.15, 0.2) is 0 Å². The standard InChI is InChI=1S/C28H35Cl2N3O3/c1-32(2)15-13-31-28(35)36-23-10-8-19(9-11-23)21-17-25(29)24(26(30)18-21)16-20-12-14-33(27(20)34)22-6-4-3-5-7-22/h8-11,17-18,20,22H,3-7,12-16H2,1-2H3,(H,31,35). The molecule has 1 atom stereocenters. The number of likely N-dealkylation sites (N-methyl/N-ethyl adjacent to an activating group) is 1. The molecule has 2 aliphatic rings. The van der Waals surface area contributed by atoms with E-state index in [0.29, 0.717) is 34.8 Å². The molecule has 0 radical (unpaired) electrons. The van der Waals surface area contributed by atoms with E-state index >= 15 is 0 Å². The molecule has 1 N–H and O–H groups in total. The summed E-state index contributed by atoms with van der Waals surface area (Å²) >= 11 is 13.4. The van der Waals surface area contributed by atoms with Crippen molar-refractivity contribution in [1.29, 1.82) is 0 Å². The number of nitrogens with zero attached hydrogens (tertiary/aromatic N) is 2. The first kappa shape index (κ1) is 26.8. The Morgan fingerprint density at radius 2 is 1.69 bits per heavy atom. The average molecular weight is 533 g/mol. The quantitative estimate of drug-likeness (QED) is 0.451. The van der Waals surface area contributed by atoms with Crippen LogP contribution in [0.25, 0.3) is 11.1 Å². The highest BCUT2D eigenvalue weighted by Gasteiger charge is 2.36. The Labute approximate surface area is 223 Å². The molecule has 2 amide bonds. The largest absolute Gasteiger partial charge is 0.412 e. The van der Waals surface area contributed by atoms with Crippen molar-refractivity contribution >= 4 is 35.2 Å². The molecule has 1 heterocycles.